The van der Waals surface area contributed by atoms with E-state index in [4.69, 9.17) is 4.74 Å². The Hall–Kier alpha value is -1.09. The predicted molar refractivity (Wildman–Crippen MR) is 75.7 cm³/mol. The maximum Gasteiger partial charge on any atom is 0.213 e. The summed E-state index contributed by atoms with van der Waals surface area (Å²) in [6, 6.07) is 5.96. The molecule has 0 saturated heterocycles. The molecule has 102 valence electrons. The van der Waals surface area contributed by atoms with E-state index in [1.54, 1.807) is 0 Å². The van der Waals surface area contributed by atoms with E-state index in [0.29, 0.717) is 11.8 Å². The van der Waals surface area contributed by atoms with Gasteiger partial charge in [-0.05, 0) is 30.9 Å². The van der Waals surface area contributed by atoms with Crippen LogP contribution in [0.3, 0.4) is 0 Å². The smallest absolute Gasteiger partial charge is 0.213 e. The normalized spacial score (nSPS) is 11.2. The number of ether oxygens (including phenoxy) is 1. The third kappa shape index (κ3) is 6.60. The molecule has 0 atom stereocenters. The van der Waals surface area contributed by atoms with Gasteiger partial charge in [-0.1, -0.05) is 33.8 Å². The molecule has 1 heterocycles. The van der Waals surface area contributed by atoms with Gasteiger partial charge >= 0.3 is 0 Å². The average Bonchev–Trinajstić information content (AvgIpc) is 2.28. The number of hydrogen-bond donors (Lipinski definition) is 1. The molecule has 0 spiro atoms. The Kier molecular flexibility index (Phi) is 6.73. The maximum atomic E-state index is 5.65. The summed E-state index contributed by atoms with van der Waals surface area (Å²) in [7, 11) is 0. The van der Waals surface area contributed by atoms with Crippen molar-refractivity contribution in [2.75, 3.05) is 13.2 Å². The monoisotopic (exact) mass is 250 g/mol. The first-order chi connectivity index (χ1) is 8.58. The van der Waals surface area contributed by atoms with Crippen LogP contribution in [-0.4, -0.2) is 18.1 Å². The van der Waals surface area contributed by atoms with Crippen molar-refractivity contribution in [3.63, 3.8) is 0 Å². The summed E-state index contributed by atoms with van der Waals surface area (Å²) in [5.41, 5.74) is 1.04. The van der Waals surface area contributed by atoms with E-state index >= 15 is 0 Å². The van der Waals surface area contributed by atoms with E-state index in [0.717, 1.165) is 37.7 Å². The van der Waals surface area contributed by atoms with Crippen LogP contribution in [0.4, 0.5) is 0 Å². The fraction of sp³-hybridized carbons (Fsp3) is 0.667. The lowest BCUT2D eigenvalue weighted by molar-refractivity contribution is 0.278. The van der Waals surface area contributed by atoms with Crippen LogP contribution in [0.1, 0.15) is 39.8 Å². The summed E-state index contributed by atoms with van der Waals surface area (Å²) >= 11 is 0. The highest BCUT2D eigenvalue weighted by Gasteiger charge is 2.00. The van der Waals surface area contributed by atoms with Crippen LogP contribution in [0, 0.1) is 11.8 Å². The number of nitrogens with zero attached hydrogens (tertiary/aromatic N) is 1. The minimum absolute atomic E-state index is 0.662. The molecule has 0 fully saturated rings. The molecule has 0 radical (unpaired) electrons. The van der Waals surface area contributed by atoms with Crippen LogP contribution in [0.5, 0.6) is 5.88 Å². The van der Waals surface area contributed by atoms with Crippen molar-refractivity contribution in [2.45, 2.75) is 40.7 Å². The lowest BCUT2D eigenvalue weighted by Crippen LogP contribution is -2.19. The summed E-state index contributed by atoms with van der Waals surface area (Å²) in [6.07, 6.45) is 1.07. The van der Waals surface area contributed by atoms with Crippen molar-refractivity contribution in [3.05, 3.63) is 23.9 Å². The minimum Gasteiger partial charge on any atom is -0.478 e. The fourth-order valence-corrected chi connectivity index (χ4v) is 1.52. The highest BCUT2D eigenvalue weighted by atomic mass is 16.5. The standard InChI is InChI=1S/C15H26N2O/c1-12(2)8-9-18-15-7-5-6-14(17-15)11-16-10-13(3)4/h5-7,12-13,16H,8-11H2,1-4H3. The fourth-order valence-electron chi connectivity index (χ4n) is 1.52. The summed E-state index contributed by atoms with van der Waals surface area (Å²) in [4.78, 5) is 4.48. The van der Waals surface area contributed by atoms with Crippen molar-refractivity contribution in [3.8, 4) is 5.88 Å². The lowest BCUT2D eigenvalue weighted by Gasteiger charge is -2.10. The van der Waals surface area contributed by atoms with Gasteiger partial charge in [-0.15, -0.1) is 0 Å². The Morgan fingerprint density at radius 3 is 2.61 bits per heavy atom. The molecule has 3 nitrogen and oxygen atoms in total. The van der Waals surface area contributed by atoms with Gasteiger partial charge < -0.3 is 10.1 Å². The van der Waals surface area contributed by atoms with Crippen molar-refractivity contribution in [1.29, 1.82) is 0 Å². The van der Waals surface area contributed by atoms with E-state index in [9.17, 15) is 0 Å². The Morgan fingerprint density at radius 1 is 1.17 bits per heavy atom. The summed E-state index contributed by atoms with van der Waals surface area (Å²) < 4.78 is 5.65. The number of hydrogen-bond acceptors (Lipinski definition) is 3. The zero-order valence-corrected chi connectivity index (χ0v) is 12.1. The highest BCUT2D eigenvalue weighted by molar-refractivity contribution is 5.15. The van der Waals surface area contributed by atoms with Crippen LogP contribution < -0.4 is 10.1 Å². The number of pyridine rings is 1. The number of rotatable bonds is 8. The molecule has 1 N–H and O–H groups in total. The second-order valence-electron chi connectivity index (χ2n) is 5.52. The Labute approximate surface area is 111 Å². The molecule has 18 heavy (non-hydrogen) atoms. The first-order valence-electron chi connectivity index (χ1n) is 6.87. The molecule has 3 heteroatoms. The zero-order valence-electron chi connectivity index (χ0n) is 12.1. The summed E-state index contributed by atoms with van der Waals surface area (Å²) in [5.74, 6) is 2.07. The van der Waals surface area contributed by atoms with Gasteiger partial charge in [0.25, 0.3) is 0 Å². The van der Waals surface area contributed by atoms with E-state index in [1.807, 2.05) is 18.2 Å². The molecular weight excluding hydrogens is 224 g/mol. The average molecular weight is 250 g/mol. The topological polar surface area (TPSA) is 34.1 Å². The highest BCUT2D eigenvalue weighted by Crippen LogP contribution is 2.09. The lowest BCUT2D eigenvalue weighted by atomic mass is 10.1. The maximum absolute atomic E-state index is 5.65. The van der Waals surface area contributed by atoms with Gasteiger partial charge in [0.1, 0.15) is 0 Å². The van der Waals surface area contributed by atoms with Crippen molar-refractivity contribution < 1.29 is 4.74 Å². The summed E-state index contributed by atoms with van der Waals surface area (Å²) in [6.45, 7) is 11.4. The molecule has 1 aromatic rings. The third-order valence-electron chi connectivity index (χ3n) is 2.59. The molecule has 0 aliphatic carbocycles. The molecule has 0 amide bonds. The van der Waals surface area contributed by atoms with Crippen LogP contribution in [0.15, 0.2) is 18.2 Å². The van der Waals surface area contributed by atoms with Crippen LogP contribution in [0.25, 0.3) is 0 Å². The van der Waals surface area contributed by atoms with Gasteiger partial charge in [0.15, 0.2) is 0 Å². The summed E-state index contributed by atoms with van der Waals surface area (Å²) in [5, 5.41) is 3.38. The van der Waals surface area contributed by atoms with Gasteiger partial charge in [0, 0.05) is 12.6 Å². The number of aromatic nitrogens is 1. The van der Waals surface area contributed by atoms with Crippen molar-refractivity contribution >= 4 is 0 Å². The van der Waals surface area contributed by atoms with Crippen LogP contribution >= 0.6 is 0 Å². The SMILES string of the molecule is CC(C)CCOc1cccc(CNCC(C)C)n1. The van der Waals surface area contributed by atoms with E-state index in [1.165, 1.54) is 0 Å². The van der Waals surface area contributed by atoms with E-state index in [2.05, 4.69) is 38.0 Å². The third-order valence-corrected chi connectivity index (χ3v) is 2.59. The van der Waals surface area contributed by atoms with Crippen LogP contribution in [-0.2, 0) is 6.54 Å². The quantitative estimate of drug-likeness (QED) is 0.769. The van der Waals surface area contributed by atoms with E-state index in [-0.39, 0.29) is 0 Å². The van der Waals surface area contributed by atoms with Crippen molar-refractivity contribution in [2.24, 2.45) is 11.8 Å². The second kappa shape index (κ2) is 8.09. The Morgan fingerprint density at radius 2 is 1.94 bits per heavy atom. The first-order valence-corrected chi connectivity index (χ1v) is 6.87. The number of nitrogens with one attached hydrogen (secondary N) is 1. The van der Waals surface area contributed by atoms with E-state index < -0.39 is 0 Å². The van der Waals surface area contributed by atoms with Crippen molar-refractivity contribution in [1.82, 2.24) is 10.3 Å². The molecule has 0 unspecified atom stereocenters. The predicted octanol–water partition coefficient (Wildman–Crippen LogP) is 3.25. The molecule has 1 aromatic heterocycles. The Balaban J connectivity index is 2.36. The largest absolute Gasteiger partial charge is 0.478 e. The molecule has 1 rings (SSSR count). The first kappa shape index (κ1) is 15.0. The molecule has 0 aromatic carbocycles. The van der Waals surface area contributed by atoms with Gasteiger partial charge in [-0.3, -0.25) is 0 Å². The Bertz CT molecular complexity index is 308. The van der Waals surface area contributed by atoms with Crippen LogP contribution in [0.2, 0.25) is 0 Å². The molecule has 0 aliphatic rings. The molecule has 0 aliphatic heterocycles. The van der Waals surface area contributed by atoms with Gasteiger partial charge in [-0.2, -0.15) is 0 Å². The van der Waals surface area contributed by atoms with Gasteiger partial charge in [0.2, 0.25) is 5.88 Å². The molecule has 0 bridgehead atoms. The minimum atomic E-state index is 0.662. The van der Waals surface area contributed by atoms with Gasteiger partial charge in [-0.25, -0.2) is 4.98 Å². The molecular formula is C15H26N2O. The zero-order chi connectivity index (χ0) is 13.4. The van der Waals surface area contributed by atoms with Gasteiger partial charge in [0.05, 0.1) is 12.3 Å². The second-order valence-corrected chi connectivity index (χ2v) is 5.52. The molecule has 0 saturated carbocycles.